The lowest BCUT2D eigenvalue weighted by Gasteiger charge is -2.43. The average Bonchev–Trinajstić information content (AvgIpc) is 2.83. The Labute approximate surface area is 255 Å². The Morgan fingerprint density at radius 3 is 0.765 bits per heavy atom. The third-order valence-corrected chi connectivity index (χ3v) is 4.83. The summed E-state index contributed by atoms with van der Waals surface area (Å²) in [5.74, 6) is -47.0. The molecule has 0 fully saturated rings. The lowest BCUT2D eigenvalue weighted by atomic mass is 10.2. The number of carbonyl (C=O) groups is 1. The van der Waals surface area contributed by atoms with Crippen molar-refractivity contribution in [3.63, 3.8) is 0 Å². The van der Waals surface area contributed by atoms with Gasteiger partial charge in [0, 0.05) is 0 Å². The van der Waals surface area contributed by atoms with Crippen molar-refractivity contribution in [3.8, 4) is 0 Å². The molecule has 306 valence electrons. The van der Waals surface area contributed by atoms with Crippen molar-refractivity contribution in [2.75, 3.05) is 7.11 Å². The number of rotatable bonds is 13. The zero-order valence-corrected chi connectivity index (χ0v) is 21.9. The molecular weight excluding hydrogens is 839 g/mol. The number of methoxy groups -OCH3 is 1. The van der Waals surface area contributed by atoms with Crippen LogP contribution < -0.4 is 0 Å². The van der Waals surface area contributed by atoms with Crippen LogP contribution in [-0.4, -0.2) is 97.7 Å². The quantitative estimate of drug-likeness (QED) is 0.137. The van der Waals surface area contributed by atoms with E-state index in [1.165, 1.54) is 4.74 Å². The van der Waals surface area contributed by atoms with Crippen LogP contribution in [0, 0.1) is 0 Å². The van der Waals surface area contributed by atoms with Gasteiger partial charge in [0.1, 0.15) is 0 Å². The van der Waals surface area contributed by atoms with E-state index in [0.29, 0.717) is 0 Å². The largest absolute Gasteiger partial charge is 0.465 e. The van der Waals surface area contributed by atoms with E-state index < -0.39 is 97.7 Å². The molecule has 0 rings (SSSR count). The summed E-state index contributed by atoms with van der Waals surface area (Å²) in [6.45, 7) is 0. The first-order valence-electron chi connectivity index (χ1n) is 10.4. The van der Waals surface area contributed by atoms with Gasteiger partial charge in [-0.3, -0.25) is 18.9 Å². The third kappa shape index (κ3) is 7.97. The first-order valence-corrected chi connectivity index (χ1v) is 10.4. The maximum absolute atomic E-state index is 14.4. The van der Waals surface area contributed by atoms with Crippen molar-refractivity contribution < 1.29 is 156 Å². The topological polar surface area (TPSA) is 63.2 Å². The highest BCUT2D eigenvalue weighted by Gasteiger charge is 2.90. The van der Waals surface area contributed by atoms with E-state index in [4.69, 9.17) is 0 Å². The fourth-order valence-electron chi connectivity index (χ4n) is 2.33. The van der Waals surface area contributed by atoms with Gasteiger partial charge < -0.3 is 4.74 Å². The molecule has 0 heterocycles. The molecule has 0 amide bonds. The molecule has 6 nitrogen and oxygen atoms in total. The highest BCUT2D eigenvalue weighted by Crippen LogP contribution is 2.61. The number of alkyl halides is 29. The van der Waals surface area contributed by atoms with Gasteiger partial charge in [-0.1, -0.05) is 0 Å². The third-order valence-electron chi connectivity index (χ3n) is 4.83. The zero-order chi connectivity index (χ0) is 42.1. The van der Waals surface area contributed by atoms with Crippen LogP contribution in [0.1, 0.15) is 0 Å². The van der Waals surface area contributed by atoms with Gasteiger partial charge in [0.15, 0.2) is 0 Å². The first-order chi connectivity index (χ1) is 21.6. The predicted octanol–water partition coefficient (Wildman–Crippen LogP) is 8.71. The van der Waals surface area contributed by atoms with Gasteiger partial charge >= 0.3 is 90.6 Å². The monoisotopic (exact) mass is 842 g/mol. The lowest BCUT2D eigenvalue weighted by molar-refractivity contribution is -0.592. The first kappa shape index (κ1) is 48.3. The molecule has 0 saturated heterocycles. The molecule has 0 spiro atoms. The molecule has 35 heteroatoms. The SMILES string of the molecule is COC(=O)[C@](F)(OC(F)(F)[C@@](F)(OC(F)(F)[C@](F)(OC(F)(F)[C@](F)(OC(F)(F)C(F)(F)C(F)(F)F)C(F)(F)F)C(F)(F)F)C(F)(F)F)C(F)(F)F. The summed E-state index contributed by atoms with van der Waals surface area (Å²) in [5, 5.41) is 0. The van der Waals surface area contributed by atoms with Crippen molar-refractivity contribution in [1.29, 1.82) is 0 Å². The molecule has 0 aliphatic carbocycles. The Bertz CT molecular complexity index is 1250. The summed E-state index contributed by atoms with van der Waals surface area (Å²) >= 11 is 0. The van der Waals surface area contributed by atoms with Crippen molar-refractivity contribution in [2.45, 2.75) is 84.7 Å². The molecule has 0 aliphatic heterocycles. The van der Waals surface area contributed by atoms with Crippen LogP contribution >= 0.6 is 0 Å². The van der Waals surface area contributed by atoms with Crippen LogP contribution in [0.2, 0.25) is 0 Å². The minimum atomic E-state index is -9.24. The van der Waals surface area contributed by atoms with Gasteiger partial charge in [-0.25, -0.2) is 4.79 Å². The number of esters is 1. The van der Waals surface area contributed by atoms with E-state index in [-0.39, 0.29) is 0 Å². The van der Waals surface area contributed by atoms with Gasteiger partial charge in [0.25, 0.3) is 0 Å². The number of carbonyl (C=O) groups excluding carboxylic acids is 1. The molecule has 0 saturated carbocycles. The number of hydrogen-bond donors (Lipinski definition) is 0. The molecule has 0 aromatic heterocycles. The Balaban J connectivity index is 7.72. The smallest absolute Gasteiger partial charge is 0.462 e. The van der Waals surface area contributed by atoms with Crippen LogP contribution in [0.15, 0.2) is 0 Å². The Morgan fingerprint density at radius 1 is 0.333 bits per heavy atom. The maximum Gasteiger partial charge on any atom is 0.462 e. The standard InChI is InChI=1S/C16H3F29O6/c1-47-2(46)3(17,8(23,24)25)48-14(40,41)5(20,10(29,30)31)50-16(44,45)7(22,12(35,36)37)51-15(42,43)6(21,11(32,33)34)49-13(38,39)4(18,19)9(26,27)28/h1H3/t3-,5-,6+,7+/m0/s1. The number of halogens is 29. The fourth-order valence-corrected chi connectivity index (χ4v) is 2.33. The van der Waals surface area contributed by atoms with Crippen LogP contribution in [-0.2, 0) is 28.5 Å². The predicted molar refractivity (Wildman–Crippen MR) is 86.7 cm³/mol. The van der Waals surface area contributed by atoms with E-state index in [1.54, 1.807) is 0 Å². The van der Waals surface area contributed by atoms with Crippen LogP contribution in [0.5, 0.6) is 0 Å². The molecule has 0 radical (unpaired) electrons. The van der Waals surface area contributed by atoms with Gasteiger partial charge in [-0.2, -0.15) is 127 Å². The van der Waals surface area contributed by atoms with Gasteiger partial charge in [-0.05, 0) is 0 Å². The minimum Gasteiger partial charge on any atom is -0.465 e. The van der Waals surface area contributed by atoms with Gasteiger partial charge in [-0.15, -0.1) is 0 Å². The summed E-state index contributed by atoms with van der Waals surface area (Å²) in [4.78, 5) is 10.9. The van der Waals surface area contributed by atoms with E-state index >= 15 is 0 Å². The fraction of sp³-hybridized carbons (Fsp3) is 0.938. The normalized spacial score (nSPS) is 20.2. The van der Waals surface area contributed by atoms with E-state index in [0.717, 1.165) is 14.2 Å². The molecular formula is C16H3F29O6. The Hall–Kier alpha value is -2.72. The molecule has 0 aromatic rings. The van der Waals surface area contributed by atoms with E-state index in [1.807, 2.05) is 0 Å². The van der Waals surface area contributed by atoms with Crippen molar-refractivity contribution in [2.24, 2.45) is 0 Å². The average molecular weight is 842 g/mol. The Morgan fingerprint density at radius 2 is 0.569 bits per heavy atom. The number of ether oxygens (including phenoxy) is 5. The lowest BCUT2D eigenvalue weighted by Crippen LogP contribution is -2.72. The van der Waals surface area contributed by atoms with Crippen LogP contribution in [0.3, 0.4) is 0 Å². The van der Waals surface area contributed by atoms with E-state index in [2.05, 4.69) is 4.74 Å². The zero-order valence-electron chi connectivity index (χ0n) is 21.9. The second-order valence-electron chi connectivity index (χ2n) is 8.41. The molecule has 51 heavy (non-hydrogen) atoms. The second kappa shape index (κ2) is 12.7. The highest BCUT2D eigenvalue weighted by molar-refractivity contribution is 5.78. The second-order valence-corrected chi connectivity index (χ2v) is 8.41. The summed E-state index contributed by atoms with van der Waals surface area (Å²) in [7, 11) is -0.505. The minimum absolute atomic E-state index is 0.505. The molecule has 0 aromatic carbocycles. The molecule has 0 N–H and O–H groups in total. The van der Waals surface area contributed by atoms with Gasteiger partial charge in [0.2, 0.25) is 0 Å². The summed E-state index contributed by atoms with van der Waals surface area (Å²) in [6.07, 6.45) is -77.4. The van der Waals surface area contributed by atoms with Crippen LogP contribution in [0.4, 0.5) is 127 Å². The molecule has 0 bridgehead atoms. The van der Waals surface area contributed by atoms with Crippen molar-refractivity contribution >= 4 is 5.97 Å². The van der Waals surface area contributed by atoms with Crippen molar-refractivity contribution in [1.82, 2.24) is 0 Å². The van der Waals surface area contributed by atoms with Gasteiger partial charge in [0.05, 0.1) is 7.11 Å². The summed E-state index contributed by atoms with van der Waals surface area (Å²) in [5.41, 5.74) is 0. The van der Waals surface area contributed by atoms with Crippen LogP contribution in [0.25, 0.3) is 0 Å². The number of hydrogen-bond acceptors (Lipinski definition) is 6. The maximum atomic E-state index is 14.4. The summed E-state index contributed by atoms with van der Waals surface area (Å²) < 4.78 is 392. The van der Waals surface area contributed by atoms with Crippen molar-refractivity contribution in [3.05, 3.63) is 0 Å². The highest BCUT2D eigenvalue weighted by atomic mass is 19.4. The molecule has 0 aliphatic rings. The van der Waals surface area contributed by atoms with E-state index in [9.17, 15) is 132 Å². The Kier molecular flexibility index (Phi) is 12.0. The summed E-state index contributed by atoms with van der Waals surface area (Å²) in [6, 6.07) is 0. The molecule has 0 unspecified atom stereocenters. The molecule has 4 atom stereocenters.